The number of rotatable bonds is 0. The van der Waals surface area contributed by atoms with Crippen LogP contribution in [0.1, 0.15) is 33.2 Å². The van der Waals surface area contributed by atoms with Crippen LogP contribution in [-0.2, 0) is 14.2 Å². The van der Waals surface area contributed by atoms with Crippen LogP contribution >= 0.6 is 0 Å². The van der Waals surface area contributed by atoms with Gasteiger partial charge in [0.05, 0.1) is 39.6 Å². The van der Waals surface area contributed by atoms with Crippen molar-refractivity contribution in [3.8, 4) is 11.5 Å². The van der Waals surface area contributed by atoms with Crippen molar-refractivity contribution in [2.24, 2.45) is 0 Å². The molecular formula is C22H24O7. The highest BCUT2D eigenvalue weighted by atomic mass is 16.6. The quantitative estimate of drug-likeness (QED) is 0.725. The van der Waals surface area contributed by atoms with Crippen LogP contribution in [0.2, 0.25) is 0 Å². The third-order valence-electron chi connectivity index (χ3n) is 4.88. The van der Waals surface area contributed by atoms with Crippen molar-refractivity contribution >= 4 is 5.78 Å². The van der Waals surface area contributed by atoms with E-state index in [4.69, 9.17) is 23.7 Å². The summed E-state index contributed by atoms with van der Waals surface area (Å²) in [5.74, 6) is 0.774. The number of hydrogen-bond donors (Lipinski definition) is 1. The Hall–Kier alpha value is -2.45. The number of carbonyl (C=O) groups excluding carboxylic acids is 1. The van der Waals surface area contributed by atoms with Crippen molar-refractivity contribution in [1.82, 2.24) is 0 Å². The molecule has 0 aromatic heterocycles. The Morgan fingerprint density at radius 1 is 0.655 bits per heavy atom. The molecule has 0 radical (unpaired) electrons. The number of aliphatic hydroxyl groups excluding tert-OH is 1. The molecule has 4 rings (SSSR count). The van der Waals surface area contributed by atoms with E-state index < -0.39 is 6.10 Å². The number of carbonyl (C=O) groups is 1. The van der Waals surface area contributed by atoms with E-state index in [1.807, 2.05) is 0 Å². The van der Waals surface area contributed by atoms with Crippen molar-refractivity contribution in [1.29, 1.82) is 0 Å². The average Bonchev–Trinajstić information content (AvgIpc) is 2.74. The van der Waals surface area contributed by atoms with Gasteiger partial charge in [0.1, 0.15) is 30.8 Å². The largest absolute Gasteiger partial charge is 0.491 e. The summed E-state index contributed by atoms with van der Waals surface area (Å²) in [5.41, 5.74) is 1.79. The van der Waals surface area contributed by atoms with Gasteiger partial charge in [0, 0.05) is 22.3 Å². The van der Waals surface area contributed by atoms with Gasteiger partial charge in [-0.1, -0.05) is 24.3 Å². The van der Waals surface area contributed by atoms with Gasteiger partial charge in [0.15, 0.2) is 5.78 Å². The SMILES string of the molecule is O=C1c2cccc3c2C(O)c2c(cccc21)OCCOCCOCCOCCO3. The first kappa shape index (κ1) is 19.8. The first-order valence-corrected chi connectivity index (χ1v) is 9.75. The third-order valence-corrected chi connectivity index (χ3v) is 4.88. The van der Waals surface area contributed by atoms with Crippen LogP contribution in [0.15, 0.2) is 36.4 Å². The fourth-order valence-electron chi connectivity index (χ4n) is 3.55. The lowest BCUT2D eigenvalue weighted by molar-refractivity contribution is 0.00445. The van der Waals surface area contributed by atoms with E-state index in [1.165, 1.54) is 0 Å². The number of benzene rings is 2. The molecule has 2 bridgehead atoms. The minimum atomic E-state index is -1.03. The molecule has 7 nitrogen and oxygen atoms in total. The standard InChI is InChI=1S/C22H24O7/c23-21-15-3-1-5-17-19(15)22(24)20-16(21)4-2-6-18(20)29-14-12-27-10-8-25-7-9-26-11-13-28-17/h1-6,22,24H,7-14H2. The van der Waals surface area contributed by atoms with E-state index in [0.29, 0.717) is 86.6 Å². The molecule has 1 aliphatic carbocycles. The molecule has 7 heteroatoms. The minimum Gasteiger partial charge on any atom is -0.491 e. The van der Waals surface area contributed by atoms with Crippen LogP contribution in [0.3, 0.4) is 0 Å². The molecule has 2 aromatic carbocycles. The van der Waals surface area contributed by atoms with Gasteiger partial charge in [0.2, 0.25) is 0 Å². The van der Waals surface area contributed by atoms with E-state index >= 15 is 0 Å². The summed E-state index contributed by atoms with van der Waals surface area (Å²) in [7, 11) is 0. The van der Waals surface area contributed by atoms with E-state index in [1.54, 1.807) is 36.4 Å². The van der Waals surface area contributed by atoms with Gasteiger partial charge in [-0.05, 0) is 12.1 Å². The first-order chi connectivity index (χ1) is 14.3. The summed E-state index contributed by atoms with van der Waals surface area (Å²) in [4.78, 5) is 13.1. The summed E-state index contributed by atoms with van der Waals surface area (Å²) in [6, 6.07) is 10.4. The first-order valence-electron chi connectivity index (χ1n) is 9.75. The molecule has 1 aliphatic heterocycles. The second kappa shape index (κ2) is 9.37. The number of ketones is 1. The molecule has 0 fully saturated rings. The van der Waals surface area contributed by atoms with Crippen LogP contribution in [0.25, 0.3) is 0 Å². The summed E-state index contributed by atoms with van der Waals surface area (Å²) < 4.78 is 28.1. The van der Waals surface area contributed by atoms with Crippen LogP contribution < -0.4 is 9.47 Å². The van der Waals surface area contributed by atoms with Gasteiger partial charge in [0.25, 0.3) is 0 Å². The van der Waals surface area contributed by atoms with Crippen molar-refractivity contribution in [2.75, 3.05) is 52.9 Å². The zero-order chi connectivity index (χ0) is 20.1. The van der Waals surface area contributed by atoms with Gasteiger partial charge in [-0.15, -0.1) is 0 Å². The van der Waals surface area contributed by atoms with Crippen LogP contribution in [-0.4, -0.2) is 63.7 Å². The molecule has 0 atom stereocenters. The van der Waals surface area contributed by atoms with Crippen LogP contribution in [0.4, 0.5) is 0 Å². The number of hydrogen-bond acceptors (Lipinski definition) is 7. The predicted molar refractivity (Wildman–Crippen MR) is 104 cm³/mol. The highest BCUT2D eigenvalue weighted by molar-refractivity contribution is 6.13. The summed E-state index contributed by atoms with van der Waals surface area (Å²) in [5, 5.41) is 11.2. The van der Waals surface area contributed by atoms with Crippen molar-refractivity contribution in [2.45, 2.75) is 6.10 Å². The molecule has 1 N–H and O–H groups in total. The normalized spacial score (nSPS) is 18.9. The van der Waals surface area contributed by atoms with Gasteiger partial charge in [-0.3, -0.25) is 4.79 Å². The molecule has 1 heterocycles. The molecule has 2 aliphatic rings. The molecule has 2 aromatic rings. The van der Waals surface area contributed by atoms with E-state index in [0.717, 1.165) is 0 Å². The Bertz CT molecular complexity index is 797. The van der Waals surface area contributed by atoms with Crippen LogP contribution in [0, 0.1) is 0 Å². The minimum absolute atomic E-state index is 0.157. The fraction of sp³-hybridized carbons (Fsp3) is 0.409. The Morgan fingerprint density at radius 3 is 1.52 bits per heavy atom. The Kier molecular flexibility index (Phi) is 6.41. The number of aliphatic hydroxyl groups is 1. The van der Waals surface area contributed by atoms with E-state index in [-0.39, 0.29) is 5.78 Å². The fourth-order valence-corrected chi connectivity index (χ4v) is 3.55. The second-order valence-electron chi connectivity index (χ2n) is 6.70. The lowest BCUT2D eigenvalue weighted by atomic mass is 9.82. The summed E-state index contributed by atoms with van der Waals surface area (Å²) in [6.45, 7) is 3.20. The van der Waals surface area contributed by atoms with E-state index in [9.17, 15) is 9.90 Å². The van der Waals surface area contributed by atoms with Crippen molar-refractivity contribution in [3.05, 3.63) is 58.7 Å². The summed E-state index contributed by atoms with van der Waals surface area (Å²) >= 11 is 0. The zero-order valence-electron chi connectivity index (χ0n) is 16.1. The topological polar surface area (TPSA) is 83.5 Å². The lowest BCUT2D eigenvalue weighted by Gasteiger charge is -2.27. The van der Waals surface area contributed by atoms with Gasteiger partial charge >= 0.3 is 0 Å². The van der Waals surface area contributed by atoms with Crippen LogP contribution in [0.5, 0.6) is 11.5 Å². The highest BCUT2D eigenvalue weighted by Crippen LogP contribution is 2.43. The monoisotopic (exact) mass is 400 g/mol. The number of ether oxygens (including phenoxy) is 5. The molecule has 0 amide bonds. The van der Waals surface area contributed by atoms with E-state index in [2.05, 4.69) is 0 Å². The smallest absolute Gasteiger partial charge is 0.194 e. The highest BCUT2D eigenvalue weighted by Gasteiger charge is 2.34. The molecule has 0 saturated carbocycles. The van der Waals surface area contributed by atoms with Gasteiger partial charge in [-0.25, -0.2) is 0 Å². The molecule has 0 spiro atoms. The molecular weight excluding hydrogens is 376 g/mol. The summed E-state index contributed by atoms with van der Waals surface area (Å²) in [6.07, 6.45) is -1.03. The maximum atomic E-state index is 13.1. The van der Waals surface area contributed by atoms with Crippen molar-refractivity contribution in [3.63, 3.8) is 0 Å². The molecule has 0 saturated heterocycles. The molecule has 154 valence electrons. The van der Waals surface area contributed by atoms with Gasteiger partial charge in [-0.2, -0.15) is 0 Å². The second-order valence-corrected chi connectivity index (χ2v) is 6.70. The van der Waals surface area contributed by atoms with Gasteiger partial charge < -0.3 is 28.8 Å². The third kappa shape index (κ3) is 4.28. The van der Waals surface area contributed by atoms with Crippen molar-refractivity contribution < 1.29 is 33.6 Å². The Morgan fingerprint density at radius 2 is 1.07 bits per heavy atom. The molecule has 0 unspecified atom stereocenters. The Balaban J connectivity index is 1.66. The lowest BCUT2D eigenvalue weighted by Crippen LogP contribution is -2.22. The Labute approximate surface area is 169 Å². The predicted octanol–water partition coefficient (Wildman–Crippen LogP) is 2.13. The maximum Gasteiger partial charge on any atom is 0.194 e. The molecule has 29 heavy (non-hydrogen) atoms. The maximum absolute atomic E-state index is 13.1. The average molecular weight is 400 g/mol. The zero-order valence-corrected chi connectivity index (χ0v) is 16.1.